The van der Waals surface area contributed by atoms with Gasteiger partial charge < -0.3 is 47.2 Å². The molecule has 378 valence electrons. The van der Waals surface area contributed by atoms with E-state index in [1.165, 1.54) is 17.9 Å². The maximum atomic E-state index is 14.3. The fourth-order valence-corrected chi connectivity index (χ4v) is 8.81. The number of carboxylic acid groups (broad SMARTS) is 3. The number of hydrogen-bond acceptors (Lipinski definition) is 13. The van der Waals surface area contributed by atoms with Crippen LogP contribution in [0.15, 0.2) is 42.0 Å². The Balaban J connectivity index is 2.02. The lowest BCUT2D eigenvalue weighted by Crippen LogP contribution is -2.61. The molecule has 1 fully saturated rings. The van der Waals surface area contributed by atoms with Gasteiger partial charge in [-0.1, -0.05) is 84.9 Å². The number of amides is 6. The molecule has 2 rings (SSSR count). The number of aliphatic carboxylic acids is 3. The van der Waals surface area contributed by atoms with E-state index in [-0.39, 0.29) is 61.9 Å². The molecule has 6 amide bonds. The van der Waals surface area contributed by atoms with Gasteiger partial charge in [-0.2, -0.15) is 0 Å². The van der Waals surface area contributed by atoms with E-state index in [2.05, 4.69) is 21.3 Å². The maximum absolute atomic E-state index is 14.3. The van der Waals surface area contributed by atoms with Crippen molar-refractivity contribution < 1.29 is 63.3 Å². The van der Waals surface area contributed by atoms with Crippen molar-refractivity contribution >= 4 is 70.9 Å². The molecule has 0 bridgehead atoms. The SMILES string of the molecule is CN[C@H](C(=O)N[C@H](C(=O)N(C)[C@H](/C=C(\C)C(=O)N[C@H](CCC(=O)C[C@H](CCC(=O)NCCN1C(=O)CC(SC[C@H](N)C(=O)O)C1=O)C(=O)O)C(=O)O)C(C)C)C(C)(C)C)C(C)(C)c1ccccc1. The second-order valence-corrected chi connectivity index (χ2v) is 20.3. The van der Waals surface area contributed by atoms with Crippen LogP contribution in [0.5, 0.6) is 0 Å². The summed E-state index contributed by atoms with van der Waals surface area (Å²) < 4.78 is 0. The molecule has 21 heteroatoms. The zero-order valence-electron chi connectivity index (χ0n) is 40.8. The highest BCUT2D eigenvalue weighted by molar-refractivity contribution is 8.00. The third-order valence-electron chi connectivity index (χ3n) is 12.0. The predicted molar refractivity (Wildman–Crippen MR) is 254 cm³/mol. The number of nitrogens with one attached hydrogen (secondary N) is 4. The van der Waals surface area contributed by atoms with Gasteiger partial charge in [0.25, 0.3) is 0 Å². The predicted octanol–water partition coefficient (Wildman–Crippen LogP) is 1.69. The number of carboxylic acids is 3. The number of Topliss-reactive ketones (excluding diaryl/α,β-unsaturated/α-hetero) is 1. The van der Waals surface area contributed by atoms with Crippen molar-refractivity contribution in [1.29, 1.82) is 0 Å². The molecule has 9 N–H and O–H groups in total. The summed E-state index contributed by atoms with van der Waals surface area (Å²) in [4.78, 5) is 130. The molecular formula is C47H71N7O13S. The Bertz CT molecular complexity index is 2040. The number of imide groups is 1. The van der Waals surface area contributed by atoms with Gasteiger partial charge in [0.05, 0.1) is 23.3 Å². The van der Waals surface area contributed by atoms with Crippen molar-refractivity contribution in [3.63, 3.8) is 0 Å². The van der Waals surface area contributed by atoms with Crippen molar-refractivity contribution in [3.05, 3.63) is 47.5 Å². The van der Waals surface area contributed by atoms with Gasteiger partial charge in [-0.3, -0.25) is 48.1 Å². The number of nitrogens with zero attached hydrogens (tertiary/aromatic N) is 2. The first-order valence-electron chi connectivity index (χ1n) is 22.5. The number of carbonyl (C=O) groups excluding carboxylic acids is 7. The fraction of sp³-hybridized carbons (Fsp3) is 0.617. The van der Waals surface area contributed by atoms with E-state index < -0.39 is 118 Å². The summed E-state index contributed by atoms with van der Waals surface area (Å²) in [6.07, 6.45) is -0.466. The van der Waals surface area contributed by atoms with Crippen LogP contribution in [0.4, 0.5) is 0 Å². The molecule has 7 atom stereocenters. The van der Waals surface area contributed by atoms with Gasteiger partial charge in [-0.15, -0.1) is 11.8 Å². The van der Waals surface area contributed by atoms with Crippen LogP contribution in [0.2, 0.25) is 0 Å². The van der Waals surface area contributed by atoms with E-state index >= 15 is 0 Å². The van der Waals surface area contributed by atoms with Crippen LogP contribution in [0.25, 0.3) is 0 Å². The largest absolute Gasteiger partial charge is 0.481 e. The minimum Gasteiger partial charge on any atom is -0.481 e. The van der Waals surface area contributed by atoms with Crippen molar-refractivity contribution in [1.82, 2.24) is 31.1 Å². The summed E-state index contributed by atoms with van der Waals surface area (Å²) in [6.45, 7) is 14.2. The summed E-state index contributed by atoms with van der Waals surface area (Å²) in [6, 6.07) is 4.42. The van der Waals surface area contributed by atoms with E-state index in [0.29, 0.717) is 0 Å². The molecule has 0 aliphatic carbocycles. The highest BCUT2D eigenvalue weighted by Gasteiger charge is 2.42. The highest BCUT2D eigenvalue weighted by atomic mass is 32.2. The van der Waals surface area contributed by atoms with Crippen LogP contribution >= 0.6 is 11.8 Å². The van der Waals surface area contributed by atoms with Gasteiger partial charge in [0.2, 0.25) is 35.4 Å². The summed E-state index contributed by atoms with van der Waals surface area (Å²) in [5.41, 5.74) is 5.08. The lowest BCUT2D eigenvalue weighted by molar-refractivity contribution is -0.145. The first kappa shape index (κ1) is 58.5. The zero-order chi connectivity index (χ0) is 51.8. The summed E-state index contributed by atoms with van der Waals surface area (Å²) >= 11 is 0.952. The summed E-state index contributed by atoms with van der Waals surface area (Å²) in [5, 5.41) is 38.9. The monoisotopic (exact) mass is 973 g/mol. The van der Waals surface area contributed by atoms with Crippen LogP contribution in [-0.4, -0.2) is 153 Å². The summed E-state index contributed by atoms with van der Waals surface area (Å²) in [5.74, 6) is -9.47. The van der Waals surface area contributed by atoms with Gasteiger partial charge >= 0.3 is 17.9 Å². The number of nitrogens with two attached hydrogens (primary N) is 1. The average Bonchev–Trinajstić information content (AvgIpc) is 3.53. The minimum atomic E-state index is -1.54. The van der Waals surface area contributed by atoms with Crippen molar-refractivity contribution in [2.24, 2.45) is 23.0 Å². The number of likely N-dealkylation sites (tertiary alicyclic amines) is 1. The molecule has 1 aromatic carbocycles. The Morgan fingerprint density at radius 3 is 2.04 bits per heavy atom. The molecule has 1 aliphatic heterocycles. The van der Waals surface area contributed by atoms with Gasteiger partial charge in [0, 0.05) is 62.6 Å². The topological polar surface area (TPSA) is 312 Å². The molecule has 68 heavy (non-hydrogen) atoms. The number of carbonyl (C=O) groups is 10. The number of likely N-dealkylation sites (N-methyl/N-ethyl adjacent to an activating group) is 2. The Labute approximate surface area is 402 Å². The molecule has 1 unspecified atom stereocenters. The third kappa shape index (κ3) is 17.1. The molecule has 0 radical (unpaired) electrons. The smallest absolute Gasteiger partial charge is 0.326 e. The minimum absolute atomic E-state index is 0.0779. The maximum Gasteiger partial charge on any atom is 0.326 e. The molecule has 0 spiro atoms. The Hall–Kier alpha value is -5.67. The van der Waals surface area contributed by atoms with Crippen molar-refractivity contribution in [2.45, 2.75) is 135 Å². The van der Waals surface area contributed by atoms with Crippen LogP contribution in [0, 0.1) is 17.3 Å². The zero-order valence-corrected chi connectivity index (χ0v) is 41.6. The van der Waals surface area contributed by atoms with Crippen LogP contribution < -0.4 is 27.0 Å². The first-order chi connectivity index (χ1) is 31.5. The average molecular weight is 974 g/mol. The fourth-order valence-electron chi connectivity index (χ4n) is 7.70. The second-order valence-electron chi connectivity index (χ2n) is 19.1. The van der Waals surface area contributed by atoms with Crippen LogP contribution in [-0.2, 0) is 53.4 Å². The van der Waals surface area contributed by atoms with Crippen molar-refractivity contribution in [2.75, 3.05) is 32.9 Å². The highest BCUT2D eigenvalue weighted by Crippen LogP contribution is 2.30. The molecule has 20 nitrogen and oxygen atoms in total. The molecule has 0 saturated carbocycles. The van der Waals surface area contributed by atoms with E-state index in [4.69, 9.17) is 10.8 Å². The third-order valence-corrected chi connectivity index (χ3v) is 13.3. The van der Waals surface area contributed by atoms with Crippen molar-refractivity contribution in [3.8, 4) is 0 Å². The second kappa shape index (κ2) is 26.2. The lowest BCUT2D eigenvalue weighted by atomic mass is 9.76. The number of ketones is 1. The molecule has 1 aromatic rings. The van der Waals surface area contributed by atoms with E-state index in [0.717, 1.165) is 22.2 Å². The Kier molecular flexibility index (Phi) is 22.5. The molecule has 1 heterocycles. The summed E-state index contributed by atoms with van der Waals surface area (Å²) in [7, 11) is 3.24. The van der Waals surface area contributed by atoms with Crippen LogP contribution in [0.1, 0.15) is 99.5 Å². The first-order valence-corrected chi connectivity index (χ1v) is 23.6. The van der Waals surface area contributed by atoms with Gasteiger partial charge in [-0.05, 0) is 43.7 Å². The number of benzene rings is 1. The molecule has 1 saturated heterocycles. The number of rotatable bonds is 28. The number of hydrogen-bond donors (Lipinski definition) is 8. The molecule has 0 aromatic heterocycles. The lowest BCUT2D eigenvalue weighted by Gasteiger charge is -2.40. The van der Waals surface area contributed by atoms with Crippen LogP contribution in [0.3, 0.4) is 0 Å². The quantitative estimate of drug-likeness (QED) is 0.0438. The normalized spacial score (nSPS) is 17.1. The Morgan fingerprint density at radius 1 is 0.897 bits per heavy atom. The molecular weight excluding hydrogens is 903 g/mol. The Morgan fingerprint density at radius 2 is 1.51 bits per heavy atom. The van der Waals surface area contributed by atoms with Gasteiger partial charge in [0.1, 0.15) is 23.9 Å². The van der Waals surface area contributed by atoms with E-state index in [9.17, 15) is 58.2 Å². The van der Waals surface area contributed by atoms with E-state index in [1.807, 2.05) is 78.8 Å². The standard InChI is InChI=1S/C47H71N7O13S/c1-26(2)33(53(10)42(61)38(46(4,5)6)52-40(59)37(49-9)47(7,8)29-14-12-11-13-15-29)22-27(3)39(58)51-32(45(66)67)18-17-30(55)23-28(43(62)63)16-19-35(56)50-20-21-54-36(57)24-34(41(54)60)68-25-31(48)44(64)65/h11-15,22,26,28,31-34,37-38,49H,16-21,23-25,48H2,1-10H3,(H,50,56)(H,51,58)(H,52,59)(H,62,63)(H,64,65)(H,66,67)/b27-22+/t28-,31-,32+,33+,34?,37+,38+/m0/s1. The molecule has 1 aliphatic rings. The van der Waals surface area contributed by atoms with Gasteiger partial charge in [0.15, 0.2) is 0 Å². The number of thioether (sulfide) groups is 1. The van der Waals surface area contributed by atoms with E-state index in [1.54, 1.807) is 14.1 Å². The van der Waals surface area contributed by atoms with Gasteiger partial charge in [-0.25, -0.2) is 4.79 Å².